The molecule has 184 valence electrons. The van der Waals surface area contributed by atoms with Crippen molar-refractivity contribution in [1.82, 2.24) is 24.6 Å². The second-order valence-corrected chi connectivity index (χ2v) is 8.89. The molecule has 2 aliphatic heterocycles. The highest BCUT2D eigenvalue weighted by molar-refractivity contribution is 5.74. The number of benzene rings is 1. The maximum absolute atomic E-state index is 14.0. The molecule has 0 unspecified atom stereocenters. The Balaban J connectivity index is 1.39. The van der Waals surface area contributed by atoms with E-state index in [0.717, 1.165) is 17.0 Å². The number of ether oxygens (including phenoxy) is 1. The lowest BCUT2D eigenvalue weighted by molar-refractivity contribution is -0.129. The summed E-state index contributed by atoms with van der Waals surface area (Å²) in [4.78, 5) is 25.6. The van der Waals surface area contributed by atoms with E-state index in [1.165, 1.54) is 0 Å². The van der Waals surface area contributed by atoms with Gasteiger partial charge in [0.15, 0.2) is 23.2 Å². The van der Waals surface area contributed by atoms with E-state index in [0.29, 0.717) is 69.1 Å². The van der Waals surface area contributed by atoms with Crippen molar-refractivity contribution in [3.05, 3.63) is 53.4 Å². The molecule has 4 heterocycles. The molecule has 1 amide bonds. The molecule has 1 aromatic carbocycles. The van der Waals surface area contributed by atoms with Crippen LogP contribution in [0.3, 0.4) is 0 Å². The van der Waals surface area contributed by atoms with Gasteiger partial charge in [0.2, 0.25) is 5.91 Å². The van der Waals surface area contributed by atoms with Crippen molar-refractivity contribution in [2.24, 2.45) is 7.05 Å². The fraction of sp³-hybridized carbons (Fsp3) is 0.417. The predicted molar refractivity (Wildman–Crippen MR) is 121 cm³/mol. The minimum absolute atomic E-state index is 0.000514. The van der Waals surface area contributed by atoms with Gasteiger partial charge in [-0.25, -0.2) is 23.1 Å². The highest BCUT2D eigenvalue weighted by Gasteiger charge is 2.29. The molecule has 1 saturated heterocycles. The molecule has 0 N–H and O–H groups in total. The molecule has 0 saturated carbocycles. The first-order valence-corrected chi connectivity index (χ1v) is 11.5. The van der Waals surface area contributed by atoms with Gasteiger partial charge in [-0.1, -0.05) is 0 Å². The van der Waals surface area contributed by atoms with Crippen LogP contribution in [0.15, 0.2) is 24.5 Å². The summed E-state index contributed by atoms with van der Waals surface area (Å²) in [5.41, 5.74) is 3.12. The monoisotopic (exact) mass is 486 g/mol. The van der Waals surface area contributed by atoms with E-state index in [2.05, 4.69) is 10.00 Å². The third-order valence-corrected chi connectivity index (χ3v) is 6.40. The number of halogens is 3. The highest BCUT2D eigenvalue weighted by atomic mass is 19.1. The SMILES string of the molecule is CC(=O)N1CCc2nc(N3CCC(Oc4c(F)cc(F)cc4F)CC3)c(-c3cnn(C)c3)nc2C1. The smallest absolute Gasteiger partial charge is 0.219 e. The quantitative estimate of drug-likeness (QED) is 0.564. The standard InChI is InChI=1S/C24H25F3N6O2/c1-14(34)33-8-5-20-21(13-33)29-22(15-11-28-31(2)12-15)24(30-20)32-6-3-17(4-7-32)35-23-18(26)9-16(25)10-19(23)27/h9-12,17H,3-8,13H2,1-2H3. The van der Waals surface area contributed by atoms with Crippen LogP contribution in [0.2, 0.25) is 0 Å². The van der Waals surface area contributed by atoms with Crippen LogP contribution in [0, 0.1) is 17.5 Å². The normalized spacial score (nSPS) is 16.4. The number of aryl methyl sites for hydroxylation is 1. The number of amides is 1. The zero-order valence-electron chi connectivity index (χ0n) is 19.5. The summed E-state index contributed by atoms with van der Waals surface area (Å²) >= 11 is 0. The van der Waals surface area contributed by atoms with Crippen LogP contribution in [-0.2, 0) is 24.8 Å². The lowest BCUT2D eigenvalue weighted by atomic mass is 10.1. The molecular weight excluding hydrogens is 461 g/mol. The van der Waals surface area contributed by atoms with Crippen molar-refractivity contribution in [1.29, 1.82) is 0 Å². The van der Waals surface area contributed by atoms with Gasteiger partial charge >= 0.3 is 0 Å². The number of carbonyl (C=O) groups is 1. The predicted octanol–water partition coefficient (Wildman–Crippen LogP) is 3.25. The van der Waals surface area contributed by atoms with E-state index in [4.69, 9.17) is 14.7 Å². The van der Waals surface area contributed by atoms with E-state index >= 15 is 0 Å². The third-order valence-electron chi connectivity index (χ3n) is 6.40. The Morgan fingerprint density at radius 2 is 1.77 bits per heavy atom. The lowest BCUT2D eigenvalue weighted by Gasteiger charge is -2.35. The second kappa shape index (κ2) is 9.20. The minimum atomic E-state index is -1.05. The summed E-state index contributed by atoms with van der Waals surface area (Å²) in [5.74, 6) is -2.92. The number of aromatic nitrogens is 4. The van der Waals surface area contributed by atoms with Gasteiger partial charge in [0.25, 0.3) is 0 Å². The van der Waals surface area contributed by atoms with Crippen LogP contribution in [0.1, 0.15) is 31.2 Å². The van der Waals surface area contributed by atoms with Gasteiger partial charge in [0.1, 0.15) is 17.6 Å². The Bertz CT molecular complexity index is 1250. The number of fused-ring (bicyclic) bond motifs is 1. The number of hydrogen-bond acceptors (Lipinski definition) is 6. The topological polar surface area (TPSA) is 76.4 Å². The maximum atomic E-state index is 14.0. The van der Waals surface area contributed by atoms with Crippen LogP contribution in [-0.4, -0.2) is 56.3 Å². The van der Waals surface area contributed by atoms with Crippen molar-refractivity contribution in [3.63, 3.8) is 0 Å². The molecule has 0 bridgehead atoms. The first kappa shape index (κ1) is 23.1. The van der Waals surface area contributed by atoms with Gasteiger partial charge in [-0.15, -0.1) is 0 Å². The van der Waals surface area contributed by atoms with Gasteiger partial charge in [-0.05, 0) is 0 Å². The lowest BCUT2D eigenvalue weighted by Crippen LogP contribution is -2.40. The van der Waals surface area contributed by atoms with Crippen LogP contribution in [0.4, 0.5) is 19.0 Å². The highest BCUT2D eigenvalue weighted by Crippen LogP contribution is 2.33. The van der Waals surface area contributed by atoms with Crippen LogP contribution in [0.5, 0.6) is 5.75 Å². The molecule has 3 aromatic rings. The second-order valence-electron chi connectivity index (χ2n) is 8.89. The number of nitrogens with zero attached hydrogens (tertiary/aromatic N) is 6. The Morgan fingerprint density at radius 1 is 1.06 bits per heavy atom. The van der Waals surface area contributed by atoms with E-state index in [1.807, 2.05) is 13.2 Å². The molecular formula is C24H25F3N6O2. The Labute approximate surface area is 200 Å². The molecule has 0 spiro atoms. The number of piperidine rings is 1. The van der Waals surface area contributed by atoms with Crippen molar-refractivity contribution >= 4 is 11.7 Å². The van der Waals surface area contributed by atoms with Crippen LogP contribution < -0.4 is 9.64 Å². The fourth-order valence-corrected chi connectivity index (χ4v) is 4.54. The average Bonchev–Trinajstić information content (AvgIpc) is 3.26. The zero-order chi connectivity index (χ0) is 24.7. The van der Waals surface area contributed by atoms with Crippen LogP contribution in [0.25, 0.3) is 11.3 Å². The molecule has 8 nitrogen and oxygen atoms in total. The van der Waals surface area contributed by atoms with E-state index in [1.54, 1.807) is 22.7 Å². The molecule has 0 aliphatic carbocycles. The summed E-state index contributed by atoms with van der Waals surface area (Å²) in [6.45, 7) is 3.62. The van der Waals surface area contributed by atoms with Crippen molar-refractivity contribution in [2.45, 2.75) is 38.8 Å². The summed E-state index contributed by atoms with van der Waals surface area (Å²) < 4.78 is 48.5. The number of anilines is 1. The molecule has 11 heteroatoms. The van der Waals surface area contributed by atoms with E-state index < -0.39 is 29.3 Å². The zero-order valence-corrected chi connectivity index (χ0v) is 19.5. The van der Waals surface area contributed by atoms with Crippen molar-refractivity contribution in [3.8, 4) is 17.0 Å². The Hall–Kier alpha value is -3.63. The molecule has 2 aromatic heterocycles. The van der Waals surface area contributed by atoms with Gasteiger partial charge in [0, 0.05) is 76.8 Å². The summed E-state index contributed by atoms with van der Waals surface area (Å²) in [7, 11) is 1.82. The molecule has 0 radical (unpaired) electrons. The molecule has 0 atom stereocenters. The fourth-order valence-electron chi connectivity index (χ4n) is 4.54. The van der Waals surface area contributed by atoms with Gasteiger partial charge in [0.05, 0.1) is 24.1 Å². The summed E-state index contributed by atoms with van der Waals surface area (Å²) in [6, 6.07) is 1.23. The molecule has 1 fully saturated rings. The number of rotatable bonds is 4. The van der Waals surface area contributed by atoms with Crippen molar-refractivity contribution < 1.29 is 22.7 Å². The largest absolute Gasteiger partial charge is 0.484 e. The first-order valence-electron chi connectivity index (χ1n) is 11.5. The Kier molecular flexibility index (Phi) is 6.08. The van der Waals surface area contributed by atoms with Gasteiger partial charge in [-0.2, -0.15) is 5.10 Å². The third kappa shape index (κ3) is 4.67. The van der Waals surface area contributed by atoms with Crippen LogP contribution >= 0.6 is 0 Å². The summed E-state index contributed by atoms with van der Waals surface area (Å²) in [6.07, 6.45) is 4.78. The maximum Gasteiger partial charge on any atom is 0.219 e. The Morgan fingerprint density at radius 3 is 2.40 bits per heavy atom. The molecule has 35 heavy (non-hydrogen) atoms. The molecule has 5 rings (SSSR count). The summed E-state index contributed by atoms with van der Waals surface area (Å²) in [5, 5.41) is 4.26. The van der Waals surface area contributed by atoms with Gasteiger partial charge in [-0.3, -0.25) is 9.48 Å². The van der Waals surface area contributed by atoms with Gasteiger partial charge < -0.3 is 14.5 Å². The van der Waals surface area contributed by atoms with E-state index in [-0.39, 0.29) is 5.91 Å². The minimum Gasteiger partial charge on any atom is -0.484 e. The number of hydrogen-bond donors (Lipinski definition) is 0. The van der Waals surface area contributed by atoms with Crippen molar-refractivity contribution in [2.75, 3.05) is 24.5 Å². The number of carbonyl (C=O) groups excluding carboxylic acids is 1. The van der Waals surface area contributed by atoms with E-state index in [9.17, 15) is 18.0 Å². The molecule has 2 aliphatic rings. The first-order chi connectivity index (χ1) is 16.8. The average molecular weight is 486 g/mol.